The molecule has 3 aromatic rings. The van der Waals surface area contributed by atoms with Crippen LogP contribution in [-0.2, 0) is 11.3 Å². The first-order valence-electron chi connectivity index (χ1n) is 8.04. The molecule has 2 aromatic carbocycles. The summed E-state index contributed by atoms with van der Waals surface area (Å²) in [7, 11) is 0. The highest BCUT2D eigenvalue weighted by atomic mass is 19.1. The Balaban J connectivity index is 1.78. The molecular formula is C20H17FN2O3. The minimum absolute atomic E-state index is 0.0579. The van der Waals surface area contributed by atoms with Gasteiger partial charge in [0.15, 0.2) is 0 Å². The zero-order chi connectivity index (χ0) is 18.4. The van der Waals surface area contributed by atoms with E-state index in [9.17, 15) is 14.0 Å². The van der Waals surface area contributed by atoms with Crippen LogP contribution in [0.1, 0.15) is 16.1 Å². The van der Waals surface area contributed by atoms with Gasteiger partial charge < -0.3 is 14.6 Å². The van der Waals surface area contributed by atoms with E-state index in [0.717, 1.165) is 0 Å². The maximum atomic E-state index is 14.0. The fourth-order valence-corrected chi connectivity index (χ4v) is 2.49. The molecule has 0 atom stereocenters. The number of benzene rings is 2. The molecule has 3 rings (SSSR count). The average Bonchev–Trinajstić information content (AvgIpc) is 3.15. The number of rotatable bonds is 6. The average molecular weight is 352 g/mol. The van der Waals surface area contributed by atoms with Crippen LogP contribution < -0.4 is 5.32 Å². The van der Waals surface area contributed by atoms with Gasteiger partial charge in [-0.3, -0.25) is 9.59 Å². The Labute approximate surface area is 150 Å². The molecule has 6 heteroatoms. The number of nitrogens with one attached hydrogen (secondary N) is 1. The maximum Gasteiger partial charge on any atom is 0.257 e. The molecule has 5 nitrogen and oxygen atoms in total. The largest absolute Gasteiger partial charge is 0.467 e. The molecule has 0 unspecified atom stereocenters. The van der Waals surface area contributed by atoms with E-state index < -0.39 is 11.7 Å². The fourth-order valence-electron chi connectivity index (χ4n) is 2.49. The van der Waals surface area contributed by atoms with Gasteiger partial charge in [0.2, 0.25) is 5.91 Å². The fraction of sp³-hybridized carbons (Fsp3) is 0.100. The van der Waals surface area contributed by atoms with Crippen LogP contribution >= 0.6 is 0 Å². The number of halogens is 1. The maximum absolute atomic E-state index is 14.0. The summed E-state index contributed by atoms with van der Waals surface area (Å²) in [5, 5.41) is 2.72. The monoisotopic (exact) mass is 352 g/mol. The Kier molecular flexibility index (Phi) is 5.43. The normalized spacial score (nSPS) is 10.3. The van der Waals surface area contributed by atoms with Crippen molar-refractivity contribution in [2.75, 3.05) is 11.9 Å². The lowest BCUT2D eigenvalue weighted by Gasteiger charge is -2.21. The second-order valence-electron chi connectivity index (χ2n) is 5.63. The van der Waals surface area contributed by atoms with Crippen LogP contribution in [0.5, 0.6) is 0 Å². The standard InChI is InChI=1S/C20H17FN2O3/c21-18-11-5-4-10-17(18)20(25)23(13-16-9-6-12-26-16)14-19(24)22-15-7-2-1-3-8-15/h1-12H,13-14H2,(H,22,24). The van der Waals surface area contributed by atoms with Gasteiger partial charge in [0, 0.05) is 5.69 Å². The number of hydrogen-bond acceptors (Lipinski definition) is 3. The van der Waals surface area contributed by atoms with E-state index >= 15 is 0 Å². The van der Waals surface area contributed by atoms with Crippen molar-refractivity contribution in [1.29, 1.82) is 0 Å². The lowest BCUT2D eigenvalue weighted by molar-refractivity contribution is -0.117. The SMILES string of the molecule is O=C(CN(Cc1ccco1)C(=O)c1ccccc1F)Nc1ccccc1. The van der Waals surface area contributed by atoms with Crippen molar-refractivity contribution >= 4 is 17.5 Å². The number of carbonyl (C=O) groups excluding carboxylic acids is 2. The summed E-state index contributed by atoms with van der Waals surface area (Å²) in [6, 6.07) is 18.0. The number of furan rings is 1. The van der Waals surface area contributed by atoms with Crippen LogP contribution in [0.15, 0.2) is 77.4 Å². The topological polar surface area (TPSA) is 62.6 Å². The van der Waals surface area contributed by atoms with Gasteiger partial charge in [0.25, 0.3) is 5.91 Å². The molecule has 26 heavy (non-hydrogen) atoms. The Morgan fingerprint density at radius 1 is 0.962 bits per heavy atom. The molecule has 0 aliphatic carbocycles. The molecule has 0 fully saturated rings. The van der Waals surface area contributed by atoms with Crippen LogP contribution in [-0.4, -0.2) is 23.3 Å². The van der Waals surface area contributed by atoms with E-state index in [-0.39, 0.29) is 24.6 Å². The predicted octanol–water partition coefficient (Wildman–Crippen LogP) is 3.70. The molecule has 0 spiro atoms. The van der Waals surface area contributed by atoms with Crippen molar-refractivity contribution in [2.24, 2.45) is 0 Å². The van der Waals surface area contributed by atoms with Crippen molar-refractivity contribution < 1.29 is 18.4 Å². The smallest absolute Gasteiger partial charge is 0.257 e. The minimum atomic E-state index is -0.634. The third-order valence-electron chi connectivity index (χ3n) is 3.71. The van der Waals surface area contributed by atoms with Crippen molar-refractivity contribution in [1.82, 2.24) is 4.90 Å². The highest BCUT2D eigenvalue weighted by molar-refractivity contribution is 5.99. The quantitative estimate of drug-likeness (QED) is 0.736. The molecule has 1 aromatic heterocycles. The molecule has 0 bridgehead atoms. The van der Waals surface area contributed by atoms with Gasteiger partial charge in [-0.15, -0.1) is 0 Å². The van der Waals surface area contributed by atoms with Gasteiger partial charge in [-0.25, -0.2) is 4.39 Å². The van der Waals surface area contributed by atoms with Gasteiger partial charge in [0.1, 0.15) is 18.1 Å². The Morgan fingerprint density at radius 3 is 2.38 bits per heavy atom. The summed E-state index contributed by atoms with van der Waals surface area (Å²) in [5.74, 6) is -1.09. The van der Waals surface area contributed by atoms with Gasteiger partial charge in [-0.2, -0.15) is 0 Å². The number of amides is 2. The van der Waals surface area contributed by atoms with Crippen molar-refractivity contribution in [3.05, 3.63) is 90.1 Å². The summed E-state index contributed by atoms with van der Waals surface area (Å²) in [6.07, 6.45) is 1.48. The molecule has 132 valence electrons. The van der Waals surface area contributed by atoms with Crippen LogP contribution in [0, 0.1) is 5.82 Å². The first-order chi connectivity index (χ1) is 12.6. The summed E-state index contributed by atoms with van der Waals surface area (Å²) >= 11 is 0. The van der Waals surface area contributed by atoms with E-state index in [1.807, 2.05) is 6.07 Å². The van der Waals surface area contributed by atoms with Crippen LogP contribution in [0.25, 0.3) is 0 Å². The van der Waals surface area contributed by atoms with Gasteiger partial charge in [-0.05, 0) is 36.4 Å². The predicted molar refractivity (Wildman–Crippen MR) is 94.9 cm³/mol. The van der Waals surface area contributed by atoms with E-state index in [2.05, 4.69) is 5.32 Å². The number of carbonyl (C=O) groups is 2. The van der Waals surface area contributed by atoms with Crippen molar-refractivity contribution in [2.45, 2.75) is 6.54 Å². The molecule has 0 saturated heterocycles. The molecule has 0 saturated carbocycles. The third kappa shape index (κ3) is 4.36. The Hall–Kier alpha value is -3.41. The molecule has 2 amide bonds. The summed E-state index contributed by atoms with van der Waals surface area (Å²) in [4.78, 5) is 26.3. The highest BCUT2D eigenvalue weighted by Gasteiger charge is 2.22. The Bertz CT molecular complexity index is 879. The molecule has 1 N–H and O–H groups in total. The first kappa shape index (κ1) is 17.4. The van der Waals surface area contributed by atoms with Crippen molar-refractivity contribution in [3.8, 4) is 0 Å². The van der Waals surface area contributed by atoms with E-state index in [0.29, 0.717) is 11.4 Å². The van der Waals surface area contributed by atoms with Gasteiger partial charge >= 0.3 is 0 Å². The van der Waals surface area contributed by atoms with Crippen LogP contribution in [0.3, 0.4) is 0 Å². The molecule has 0 aliphatic rings. The lowest BCUT2D eigenvalue weighted by atomic mass is 10.1. The molecular weight excluding hydrogens is 335 g/mol. The molecule has 0 radical (unpaired) electrons. The zero-order valence-corrected chi connectivity index (χ0v) is 13.9. The van der Waals surface area contributed by atoms with Crippen LogP contribution in [0.4, 0.5) is 10.1 Å². The molecule has 1 heterocycles. The van der Waals surface area contributed by atoms with Gasteiger partial charge in [-0.1, -0.05) is 30.3 Å². The summed E-state index contributed by atoms with van der Waals surface area (Å²) in [6.45, 7) is -0.175. The first-order valence-corrected chi connectivity index (χ1v) is 8.04. The second kappa shape index (κ2) is 8.11. The van der Waals surface area contributed by atoms with E-state index in [1.165, 1.54) is 29.4 Å². The number of anilines is 1. The van der Waals surface area contributed by atoms with Gasteiger partial charge in [0.05, 0.1) is 18.4 Å². The summed E-state index contributed by atoms with van der Waals surface area (Å²) in [5.41, 5.74) is 0.528. The van der Waals surface area contributed by atoms with E-state index in [4.69, 9.17) is 4.42 Å². The summed E-state index contributed by atoms with van der Waals surface area (Å²) < 4.78 is 19.3. The third-order valence-corrected chi connectivity index (χ3v) is 3.71. The lowest BCUT2D eigenvalue weighted by Crippen LogP contribution is -2.37. The number of nitrogens with zero attached hydrogens (tertiary/aromatic N) is 1. The number of para-hydroxylation sites is 1. The van der Waals surface area contributed by atoms with Crippen molar-refractivity contribution in [3.63, 3.8) is 0 Å². The van der Waals surface area contributed by atoms with E-state index in [1.54, 1.807) is 42.5 Å². The number of hydrogen-bond donors (Lipinski definition) is 1. The minimum Gasteiger partial charge on any atom is -0.467 e. The molecule has 0 aliphatic heterocycles. The van der Waals surface area contributed by atoms with Crippen LogP contribution in [0.2, 0.25) is 0 Å². The highest BCUT2D eigenvalue weighted by Crippen LogP contribution is 2.14. The zero-order valence-electron chi connectivity index (χ0n) is 13.9. The Morgan fingerprint density at radius 2 is 1.69 bits per heavy atom. The second-order valence-corrected chi connectivity index (χ2v) is 5.63.